The molecule has 4 heteroatoms. The maximum absolute atomic E-state index is 9.31. The smallest absolute Gasteiger partial charge is 0.153 e. The second kappa shape index (κ2) is 3.74. The first-order chi connectivity index (χ1) is 5.34. The highest BCUT2D eigenvalue weighted by molar-refractivity contribution is 4.90. The molecule has 1 unspecified atom stereocenters. The van der Waals surface area contributed by atoms with Gasteiger partial charge >= 0.3 is 0 Å². The minimum absolute atomic E-state index is 0.472. The Morgan fingerprint density at radius 3 is 3.18 bits per heavy atom. The van der Waals surface area contributed by atoms with Crippen molar-refractivity contribution in [3.63, 3.8) is 0 Å². The van der Waals surface area contributed by atoms with Crippen LogP contribution in [0.5, 0.6) is 0 Å². The van der Waals surface area contributed by atoms with Crippen molar-refractivity contribution in [2.24, 2.45) is 0 Å². The summed E-state index contributed by atoms with van der Waals surface area (Å²) < 4.78 is 0. The first-order valence-corrected chi connectivity index (χ1v) is 3.31. The molecule has 4 nitrogen and oxygen atoms in total. The number of H-pyrrole nitrogens is 1. The fraction of sp³-hybridized carbons (Fsp3) is 0.429. The molecule has 0 radical (unpaired) electrons. The van der Waals surface area contributed by atoms with Crippen LogP contribution >= 0.6 is 0 Å². The number of hydrogen-bond acceptors (Lipinski definition) is 3. The Kier molecular flexibility index (Phi) is 2.64. The highest BCUT2D eigenvalue weighted by Crippen LogP contribution is 2.11. The molecule has 0 aromatic carbocycles. The number of nitrogens with one attached hydrogen (secondary N) is 1. The Balaban J connectivity index is 2.44. The van der Waals surface area contributed by atoms with E-state index in [0.717, 1.165) is 0 Å². The van der Waals surface area contributed by atoms with Gasteiger partial charge in [0.05, 0.1) is 0 Å². The van der Waals surface area contributed by atoms with E-state index in [1.165, 1.54) is 6.33 Å². The van der Waals surface area contributed by atoms with E-state index in [2.05, 4.69) is 21.1 Å². The number of rotatable bonds is 3. The highest BCUT2D eigenvalue weighted by Gasteiger charge is 2.08. The summed E-state index contributed by atoms with van der Waals surface area (Å²) in [5.41, 5.74) is 0. The van der Waals surface area contributed by atoms with Crippen molar-refractivity contribution in [3.8, 4) is 12.3 Å². The highest BCUT2D eigenvalue weighted by atomic mass is 16.3. The molecule has 2 N–H and O–H groups in total. The second-order valence-electron chi connectivity index (χ2n) is 2.13. The van der Waals surface area contributed by atoms with Crippen molar-refractivity contribution in [1.82, 2.24) is 15.2 Å². The summed E-state index contributed by atoms with van der Waals surface area (Å²) in [5.74, 6) is 2.91. The summed E-state index contributed by atoms with van der Waals surface area (Å²) in [6, 6.07) is 0. The van der Waals surface area contributed by atoms with Crippen molar-refractivity contribution in [2.75, 3.05) is 0 Å². The van der Waals surface area contributed by atoms with Gasteiger partial charge in [-0.25, -0.2) is 4.98 Å². The Morgan fingerprint density at radius 2 is 2.64 bits per heavy atom. The molecular weight excluding hydrogens is 142 g/mol. The van der Waals surface area contributed by atoms with Crippen LogP contribution in [-0.4, -0.2) is 20.3 Å². The maximum atomic E-state index is 9.31. The van der Waals surface area contributed by atoms with Gasteiger partial charge in [0, 0.05) is 6.42 Å². The molecule has 0 bridgehead atoms. The number of terminal acetylenes is 1. The number of nitrogens with zero attached hydrogens (tertiary/aromatic N) is 2. The zero-order chi connectivity index (χ0) is 8.10. The molecule has 58 valence electrons. The maximum Gasteiger partial charge on any atom is 0.153 e. The molecular formula is C7H9N3O. The molecule has 0 spiro atoms. The number of aromatic amines is 1. The first kappa shape index (κ1) is 7.76. The van der Waals surface area contributed by atoms with Gasteiger partial charge in [-0.1, -0.05) is 0 Å². The van der Waals surface area contributed by atoms with Gasteiger partial charge in [-0.15, -0.1) is 12.3 Å². The van der Waals surface area contributed by atoms with Gasteiger partial charge in [0.15, 0.2) is 5.82 Å². The molecule has 0 saturated heterocycles. The minimum atomic E-state index is -0.617. The van der Waals surface area contributed by atoms with Gasteiger partial charge in [-0.2, -0.15) is 5.10 Å². The summed E-state index contributed by atoms with van der Waals surface area (Å²) in [7, 11) is 0. The van der Waals surface area contributed by atoms with E-state index in [4.69, 9.17) is 6.42 Å². The molecule has 11 heavy (non-hydrogen) atoms. The zero-order valence-corrected chi connectivity index (χ0v) is 5.99. The Bertz CT molecular complexity index is 237. The second-order valence-corrected chi connectivity index (χ2v) is 2.13. The van der Waals surface area contributed by atoms with Crippen LogP contribution in [0.2, 0.25) is 0 Å². The lowest BCUT2D eigenvalue weighted by Crippen LogP contribution is -1.99. The molecule has 1 atom stereocenters. The van der Waals surface area contributed by atoms with Gasteiger partial charge in [0.1, 0.15) is 12.4 Å². The Morgan fingerprint density at radius 1 is 1.82 bits per heavy atom. The van der Waals surface area contributed by atoms with Crippen molar-refractivity contribution < 1.29 is 5.11 Å². The van der Waals surface area contributed by atoms with Gasteiger partial charge in [0.2, 0.25) is 0 Å². The number of aliphatic hydroxyl groups excluding tert-OH is 1. The molecule has 1 heterocycles. The minimum Gasteiger partial charge on any atom is -0.385 e. The van der Waals surface area contributed by atoms with Gasteiger partial charge in [-0.3, -0.25) is 5.10 Å². The van der Waals surface area contributed by atoms with E-state index in [0.29, 0.717) is 18.7 Å². The summed E-state index contributed by atoms with van der Waals surface area (Å²) in [4.78, 5) is 3.78. The van der Waals surface area contributed by atoms with E-state index in [9.17, 15) is 5.11 Å². The van der Waals surface area contributed by atoms with E-state index < -0.39 is 6.10 Å². The van der Waals surface area contributed by atoms with Gasteiger partial charge < -0.3 is 5.11 Å². The van der Waals surface area contributed by atoms with Crippen molar-refractivity contribution in [1.29, 1.82) is 0 Å². The third-order valence-corrected chi connectivity index (χ3v) is 1.31. The molecule has 1 rings (SSSR count). The van der Waals surface area contributed by atoms with E-state index in [-0.39, 0.29) is 0 Å². The van der Waals surface area contributed by atoms with E-state index in [1.54, 1.807) is 0 Å². The summed E-state index contributed by atoms with van der Waals surface area (Å²) in [6.45, 7) is 0. The molecule has 0 aliphatic rings. The molecule has 0 saturated carbocycles. The lowest BCUT2D eigenvalue weighted by Gasteiger charge is -2.02. The van der Waals surface area contributed by atoms with Crippen molar-refractivity contribution >= 4 is 0 Å². The molecule has 0 aliphatic heterocycles. The standard InChI is InChI=1S/C7H9N3O/c1-2-3-4-6(11)7-8-5-9-10-7/h1,5-6,11H,3-4H2,(H,8,9,10). The average Bonchev–Trinajstić information content (AvgIpc) is 2.52. The van der Waals surface area contributed by atoms with Crippen molar-refractivity contribution in [3.05, 3.63) is 12.2 Å². The normalized spacial score (nSPS) is 12.4. The Labute approximate surface area is 64.7 Å². The Hall–Kier alpha value is -1.34. The number of aliphatic hydroxyl groups is 1. The predicted molar refractivity (Wildman–Crippen MR) is 39.4 cm³/mol. The SMILES string of the molecule is C#CCCC(O)c1ncn[nH]1. The molecule has 0 amide bonds. The van der Waals surface area contributed by atoms with E-state index in [1.807, 2.05) is 0 Å². The van der Waals surface area contributed by atoms with Crippen LogP contribution in [0.3, 0.4) is 0 Å². The topological polar surface area (TPSA) is 61.8 Å². The number of aromatic nitrogens is 3. The van der Waals surface area contributed by atoms with Gasteiger partial charge in [-0.05, 0) is 6.42 Å². The quantitative estimate of drug-likeness (QED) is 0.609. The number of hydrogen-bond donors (Lipinski definition) is 2. The van der Waals surface area contributed by atoms with Crippen LogP contribution in [0.4, 0.5) is 0 Å². The fourth-order valence-electron chi connectivity index (χ4n) is 0.732. The monoisotopic (exact) mass is 151 g/mol. The van der Waals surface area contributed by atoms with Crippen LogP contribution in [0, 0.1) is 12.3 Å². The predicted octanol–water partition coefficient (Wildman–Crippen LogP) is 0.251. The van der Waals surface area contributed by atoms with E-state index >= 15 is 0 Å². The summed E-state index contributed by atoms with van der Waals surface area (Å²) in [6.07, 6.45) is 6.82. The average molecular weight is 151 g/mol. The van der Waals surface area contributed by atoms with Crippen molar-refractivity contribution in [2.45, 2.75) is 18.9 Å². The fourth-order valence-corrected chi connectivity index (χ4v) is 0.732. The molecule has 0 fully saturated rings. The van der Waals surface area contributed by atoms with Crippen LogP contribution in [0.1, 0.15) is 24.8 Å². The third-order valence-electron chi connectivity index (χ3n) is 1.31. The van der Waals surface area contributed by atoms with Crippen LogP contribution in [0.25, 0.3) is 0 Å². The first-order valence-electron chi connectivity index (χ1n) is 3.31. The van der Waals surface area contributed by atoms with Crippen LogP contribution in [0.15, 0.2) is 6.33 Å². The molecule has 1 aromatic rings. The van der Waals surface area contributed by atoms with Crippen LogP contribution < -0.4 is 0 Å². The summed E-state index contributed by atoms with van der Waals surface area (Å²) in [5, 5.41) is 15.5. The lowest BCUT2D eigenvalue weighted by atomic mass is 10.2. The zero-order valence-electron chi connectivity index (χ0n) is 5.99. The third kappa shape index (κ3) is 2.06. The largest absolute Gasteiger partial charge is 0.385 e. The summed E-state index contributed by atoms with van der Waals surface area (Å²) >= 11 is 0. The van der Waals surface area contributed by atoms with Crippen LogP contribution in [-0.2, 0) is 0 Å². The van der Waals surface area contributed by atoms with Gasteiger partial charge in [0.25, 0.3) is 0 Å². The lowest BCUT2D eigenvalue weighted by molar-refractivity contribution is 0.160. The molecule has 1 aromatic heterocycles. The molecule has 0 aliphatic carbocycles.